The molecule has 0 radical (unpaired) electrons. The van der Waals surface area contributed by atoms with E-state index in [0.29, 0.717) is 31.6 Å². The van der Waals surface area contributed by atoms with Crippen LogP contribution in [0, 0.1) is 11.3 Å². The summed E-state index contributed by atoms with van der Waals surface area (Å²) >= 11 is 4.13. The lowest BCUT2D eigenvalue weighted by Crippen LogP contribution is -2.52. The first-order chi connectivity index (χ1) is 21.3. The van der Waals surface area contributed by atoms with Gasteiger partial charge in [-0.25, -0.2) is 9.59 Å². The van der Waals surface area contributed by atoms with Crippen LogP contribution in [0.4, 0.5) is 4.79 Å². The number of carbonyl (C=O) groups is 4. The molecule has 0 aromatic rings. The first-order valence-electron chi connectivity index (χ1n) is 15.2. The minimum Gasteiger partial charge on any atom is -0.490 e. The summed E-state index contributed by atoms with van der Waals surface area (Å²) in [6, 6.07) is -0.802. The standard InChI is InChI=1S/C34H51N3O7S/c1-8-9-15-26(43-33(41)36-21-13-22-45)16-12-20-35-31(39)30(34(4,5)6)37-29(38)17-11-10-14-24(2)23-25(3)27-18-19-28(42-7)32(40)44-27/h8-12,14,17,19-20,23,25-27,30,45H,13,15-16,18,21-22H2,1-7H3,(H,35,39)(H,36,41)(H,37,38)/b9-8-,14-10-,17-11-,20-12-,24-23+/t25-,26-,27-,30+/m0/s1. The van der Waals surface area contributed by atoms with Crippen LogP contribution in [0.25, 0.3) is 0 Å². The summed E-state index contributed by atoms with van der Waals surface area (Å²) in [4.78, 5) is 49.6. The van der Waals surface area contributed by atoms with E-state index in [1.807, 2.05) is 65.8 Å². The number of hydrogen-bond donors (Lipinski definition) is 4. The summed E-state index contributed by atoms with van der Waals surface area (Å²) in [6.07, 6.45) is 18.4. The quantitative estimate of drug-likeness (QED) is 0.0413. The van der Waals surface area contributed by atoms with Crippen LogP contribution >= 0.6 is 12.6 Å². The number of esters is 1. The maximum atomic E-state index is 13.0. The van der Waals surface area contributed by atoms with Crippen molar-refractivity contribution in [2.24, 2.45) is 11.3 Å². The highest BCUT2D eigenvalue weighted by atomic mass is 32.1. The summed E-state index contributed by atoms with van der Waals surface area (Å²) in [5.74, 6) is -0.359. The van der Waals surface area contributed by atoms with Gasteiger partial charge in [0.2, 0.25) is 11.8 Å². The highest BCUT2D eigenvalue weighted by Crippen LogP contribution is 2.23. The van der Waals surface area contributed by atoms with Gasteiger partial charge in [0.15, 0.2) is 5.76 Å². The summed E-state index contributed by atoms with van der Waals surface area (Å²) < 4.78 is 15.9. The SMILES string of the molecule is C/C=C\C[C@@H](C/C=C\NC(=O)[C@@H](NC(=O)\C=C/C=C\C(C)=C\[C@H](C)[C@@H]1CC=C(OC)C(=O)O1)C(C)(C)C)OC(=O)NCCCS. The minimum absolute atomic E-state index is 0.0141. The molecule has 3 N–H and O–H groups in total. The fourth-order valence-corrected chi connectivity index (χ4v) is 4.38. The van der Waals surface area contributed by atoms with E-state index in [4.69, 9.17) is 14.2 Å². The Hall–Kier alpha value is -3.73. The predicted octanol–water partition coefficient (Wildman–Crippen LogP) is 5.46. The van der Waals surface area contributed by atoms with Crippen LogP contribution in [0.3, 0.4) is 0 Å². The van der Waals surface area contributed by atoms with Crippen LogP contribution in [-0.4, -0.2) is 61.5 Å². The number of amides is 3. The first kappa shape index (κ1) is 39.3. The molecule has 1 aliphatic heterocycles. The molecule has 0 saturated carbocycles. The zero-order valence-electron chi connectivity index (χ0n) is 27.6. The molecule has 0 aromatic carbocycles. The van der Waals surface area contributed by atoms with E-state index in [-0.39, 0.29) is 23.7 Å². The van der Waals surface area contributed by atoms with Gasteiger partial charge in [-0.1, -0.05) is 75.8 Å². The number of hydrogen-bond acceptors (Lipinski definition) is 8. The van der Waals surface area contributed by atoms with Crippen LogP contribution < -0.4 is 16.0 Å². The average molecular weight is 646 g/mol. The average Bonchev–Trinajstić information content (AvgIpc) is 2.98. The summed E-state index contributed by atoms with van der Waals surface area (Å²) in [5.41, 5.74) is 0.383. The van der Waals surface area contributed by atoms with Crippen molar-refractivity contribution in [2.75, 3.05) is 19.4 Å². The Balaban J connectivity index is 2.69. The molecule has 0 aromatic heterocycles. The van der Waals surface area contributed by atoms with Crippen molar-refractivity contribution in [3.63, 3.8) is 0 Å². The summed E-state index contributed by atoms with van der Waals surface area (Å²) in [5, 5.41) is 8.21. The molecule has 1 aliphatic rings. The molecule has 1 heterocycles. The van der Waals surface area contributed by atoms with Gasteiger partial charge in [0, 0.05) is 37.8 Å². The fraction of sp³-hybridized carbons (Fsp3) is 0.529. The largest absolute Gasteiger partial charge is 0.490 e. The normalized spacial score (nSPS) is 18.0. The molecule has 0 saturated heterocycles. The van der Waals surface area contributed by atoms with Gasteiger partial charge in [0.05, 0.1) is 7.11 Å². The van der Waals surface area contributed by atoms with Crippen molar-refractivity contribution in [2.45, 2.75) is 85.5 Å². The molecule has 45 heavy (non-hydrogen) atoms. The zero-order chi connectivity index (χ0) is 33.8. The number of thiol groups is 1. The van der Waals surface area contributed by atoms with Crippen LogP contribution in [0.15, 0.2) is 72.2 Å². The Morgan fingerprint density at radius 2 is 1.84 bits per heavy atom. The molecule has 0 aliphatic carbocycles. The van der Waals surface area contributed by atoms with Crippen LogP contribution in [0.2, 0.25) is 0 Å². The van der Waals surface area contributed by atoms with Crippen molar-refractivity contribution < 1.29 is 33.4 Å². The van der Waals surface area contributed by atoms with Crippen molar-refractivity contribution in [3.8, 4) is 0 Å². The number of alkyl carbamates (subject to hydrolysis) is 1. The fourth-order valence-electron chi connectivity index (χ4n) is 4.22. The molecule has 0 spiro atoms. The lowest BCUT2D eigenvalue weighted by atomic mass is 9.86. The Morgan fingerprint density at radius 3 is 2.47 bits per heavy atom. The number of cyclic esters (lactones) is 1. The molecule has 1 rings (SSSR count). The lowest BCUT2D eigenvalue weighted by Gasteiger charge is -2.29. The third-order valence-electron chi connectivity index (χ3n) is 6.71. The maximum Gasteiger partial charge on any atom is 0.407 e. The van der Waals surface area contributed by atoms with E-state index >= 15 is 0 Å². The van der Waals surface area contributed by atoms with E-state index in [1.54, 1.807) is 24.3 Å². The van der Waals surface area contributed by atoms with Gasteiger partial charge in [0.25, 0.3) is 0 Å². The number of carbonyl (C=O) groups excluding carboxylic acids is 4. The molecule has 0 fully saturated rings. The third-order valence-corrected chi connectivity index (χ3v) is 7.03. The van der Waals surface area contributed by atoms with Gasteiger partial charge in [-0.15, -0.1) is 0 Å². The highest BCUT2D eigenvalue weighted by molar-refractivity contribution is 7.80. The van der Waals surface area contributed by atoms with Gasteiger partial charge >= 0.3 is 12.1 Å². The molecular formula is C34H51N3O7S. The number of allylic oxidation sites excluding steroid dienone is 5. The number of ether oxygens (including phenoxy) is 3. The lowest BCUT2D eigenvalue weighted by molar-refractivity contribution is -0.151. The van der Waals surface area contributed by atoms with Crippen LogP contribution in [0.1, 0.15) is 67.2 Å². The van der Waals surface area contributed by atoms with Crippen molar-refractivity contribution in [1.29, 1.82) is 0 Å². The second-order valence-electron chi connectivity index (χ2n) is 11.7. The summed E-state index contributed by atoms with van der Waals surface area (Å²) in [6.45, 7) is 11.9. The van der Waals surface area contributed by atoms with E-state index < -0.39 is 35.5 Å². The van der Waals surface area contributed by atoms with Crippen LogP contribution in [-0.2, 0) is 28.6 Å². The molecule has 11 heteroatoms. The molecule has 10 nitrogen and oxygen atoms in total. The van der Waals surface area contributed by atoms with Crippen molar-refractivity contribution in [3.05, 3.63) is 72.2 Å². The predicted molar refractivity (Wildman–Crippen MR) is 180 cm³/mol. The first-order valence-corrected chi connectivity index (χ1v) is 15.9. The minimum atomic E-state index is -0.802. The summed E-state index contributed by atoms with van der Waals surface area (Å²) in [7, 11) is 1.44. The van der Waals surface area contributed by atoms with E-state index in [2.05, 4.69) is 28.6 Å². The van der Waals surface area contributed by atoms with E-state index in [1.165, 1.54) is 19.4 Å². The highest BCUT2D eigenvalue weighted by Gasteiger charge is 2.32. The molecule has 3 amide bonds. The third kappa shape index (κ3) is 16.2. The van der Waals surface area contributed by atoms with E-state index in [0.717, 1.165) is 12.0 Å². The van der Waals surface area contributed by atoms with E-state index in [9.17, 15) is 19.2 Å². The van der Waals surface area contributed by atoms with Gasteiger partial charge in [-0.2, -0.15) is 12.6 Å². The zero-order valence-corrected chi connectivity index (χ0v) is 28.5. The smallest absolute Gasteiger partial charge is 0.407 e. The molecule has 250 valence electrons. The molecule has 4 atom stereocenters. The van der Waals surface area contributed by atoms with Crippen molar-refractivity contribution in [1.82, 2.24) is 16.0 Å². The van der Waals surface area contributed by atoms with Gasteiger partial charge in [0.1, 0.15) is 18.2 Å². The van der Waals surface area contributed by atoms with Gasteiger partial charge < -0.3 is 30.2 Å². The topological polar surface area (TPSA) is 132 Å². The Kier molecular flexibility index (Phi) is 18.4. The van der Waals surface area contributed by atoms with Gasteiger partial charge in [-0.05, 0) is 43.7 Å². The number of rotatable bonds is 17. The van der Waals surface area contributed by atoms with Crippen molar-refractivity contribution >= 4 is 36.5 Å². The second kappa shape index (κ2) is 21.1. The molecule has 0 unspecified atom stereocenters. The maximum absolute atomic E-state index is 13.0. The Morgan fingerprint density at radius 1 is 1.16 bits per heavy atom. The monoisotopic (exact) mass is 645 g/mol. The Bertz CT molecular complexity index is 1160. The Labute approximate surface area is 273 Å². The molecule has 0 bridgehead atoms. The number of nitrogens with one attached hydrogen (secondary N) is 3. The molecular weight excluding hydrogens is 594 g/mol. The second-order valence-corrected chi connectivity index (χ2v) is 12.2. The van der Waals surface area contributed by atoms with Gasteiger partial charge in [-0.3, -0.25) is 9.59 Å². The van der Waals surface area contributed by atoms with Crippen LogP contribution in [0.5, 0.6) is 0 Å². The number of methoxy groups -OCH3 is 1.